The van der Waals surface area contributed by atoms with E-state index in [1.165, 1.54) is 27.7 Å². The molecule has 18 heavy (non-hydrogen) atoms. The molecule has 0 bridgehead atoms. The fourth-order valence-electron chi connectivity index (χ4n) is 3.07. The average molecular weight is 244 g/mol. The Kier molecular flexibility index (Phi) is 2.59. The van der Waals surface area contributed by atoms with Crippen LogP contribution in [0.5, 0.6) is 5.75 Å². The van der Waals surface area contributed by atoms with Gasteiger partial charge in [-0.05, 0) is 43.5 Å². The zero-order valence-electron chi connectivity index (χ0n) is 11.5. The van der Waals surface area contributed by atoms with E-state index in [9.17, 15) is 0 Å². The molecule has 0 fully saturated rings. The Morgan fingerprint density at radius 1 is 1.39 bits per heavy atom. The smallest absolute Gasteiger partial charge is 0.143 e. The number of aryl methyl sites for hydroxylation is 2. The van der Waals surface area contributed by atoms with E-state index in [2.05, 4.69) is 42.9 Å². The second kappa shape index (κ2) is 4.02. The molecule has 1 N–H and O–H groups in total. The molecule has 1 aromatic carbocycles. The quantitative estimate of drug-likeness (QED) is 0.834. The van der Waals surface area contributed by atoms with E-state index < -0.39 is 0 Å². The first-order valence-corrected chi connectivity index (χ1v) is 6.50. The van der Waals surface area contributed by atoms with Crippen LogP contribution in [-0.4, -0.2) is 17.7 Å². The number of aromatic nitrogens is 1. The number of nitrogens with zero attached hydrogens (tertiary/aromatic N) is 1. The Morgan fingerprint density at radius 2 is 2.17 bits per heavy atom. The highest BCUT2D eigenvalue weighted by Crippen LogP contribution is 2.35. The minimum Gasteiger partial charge on any atom is -0.495 e. The highest BCUT2D eigenvalue weighted by Gasteiger charge is 2.23. The number of rotatable bonds is 1. The maximum atomic E-state index is 5.55. The lowest BCUT2D eigenvalue weighted by Gasteiger charge is -2.21. The molecule has 3 rings (SSSR count). The van der Waals surface area contributed by atoms with E-state index in [-0.39, 0.29) is 0 Å². The lowest BCUT2D eigenvalue weighted by Crippen LogP contribution is -2.33. The molecular formula is C15H20N2O. The van der Waals surface area contributed by atoms with Gasteiger partial charge in [0.05, 0.1) is 12.6 Å². The van der Waals surface area contributed by atoms with Crippen molar-refractivity contribution in [3.63, 3.8) is 0 Å². The van der Waals surface area contributed by atoms with Crippen molar-refractivity contribution < 1.29 is 4.74 Å². The molecule has 3 nitrogen and oxygen atoms in total. The Morgan fingerprint density at radius 3 is 2.89 bits per heavy atom. The number of methoxy groups -OCH3 is 1. The molecule has 2 aromatic rings. The van der Waals surface area contributed by atoms with Crippen LogP contribution < -0.4 is 10.1 Å². The average Bonchev–Trinajstić information content (AvgIpc) is 2.62. The second-order valence-electron chi connectivity index (χ2n) is 5.33. The summed E-state index contributed by atoms with van der Waals surface area (Å²) in [5.41, 5.74) is 5.37. The number of nitrogens with one attached hydrogen (secondary N) is 1. The van der Waals surface area contributed by atoms with Gasteiger partial charge in [0.25, 0.3) is 0 Å². The molecule has 96 valence electrons. The molecule has 0 radical (unpaired) electrons. The summed E-state index contributed by atoms with van der Waals surface area (Å²) in [6.07, 6.45) is 1.10. The van der Waals surface area contributed by atoms with E-state index in [0.29, 0.717) is 6.04 Å². The third kappa shape index (κ3) is 1.54. The van der Waals surface area contributed by atoms with E-state index in [1.807, 2.05) is 0 Å². The van der Waals surface area contributed by atoms with Crippen molar-refractivity contribution in [1.82, 2.24) is 9.88 Å². The van der Waals surface area contributed by atoms with Crippen LogP contribution in [0.2, 0.25) is 0 Å². The van der Waals surface area contributed by atoms with E-state index in [1.54, 1.807) is 7.11 Å². The summed E-state index contributed by atoms with van der Waals surface area (Å²) >= 11 is 0. The summed E-state index contributed by atoms with van der Waals surface area (Å²) in [5, 5.41) is 4.89. The Bertz CT molecular complexity index is 613. The van der Waals surface area contributed by atoms with Crippen LogP contribution in [0.25, 0.3) is 10.9 Å². The molecule has 1 aliphatic heterocycles. The van der Waals surface area contributed by atoms with Crippen LogP contribution in [0.3, 0.4) is 0 Å². The van der Waals surface area contributed by atoms with Gasteiger partial charge in [-0.3, -0.25) is 0 Å². The number of hydrogen-bond donors (Lipinski definition) is 1. The molecule has 0 aliphatic carbocycles. The van der Waals surface area contributed by atoms with E-state index in [0.717, 1.165) is 18.7 Å². The molecule has 1 unspecified atom stereocenters. The van der Waals surface area contributed by atoms with Gasteiger partial charge >= 0.3 is 0 Å². The molecule has 0 spiro atoms. The normalized spacial score (nSPS) is 19.0. The maximum absolute atomic E-state index is 5.55. The van der Waals surface area contributed by atoms with Crippen molar-refractivity contribution in [1.29, 1.82) is 0 Å². The van der Waals surface area contributed by atoms with Crippen molar-refractivity contribution in [2.24, 2.45) is 7.05 Å². The first-order chi connectivity index (χ1) is 8.61. The molecule has 1 aliphatic rings. The van der Waals surface area contributed by atoms with E-state index >= 15 is 0 Å². The van der Waals surface area contributed by atoms with Crippen LogP contribution in [0.1, 0.15) is 23.7 Å². The van der Waals surface area contributed by atoms with Crippen molar-refractivity contribution in [2.45, 2.75) is 32.9 Å². The van der Waals surface area contributed by atoms with Gasteiger partial charge in [-0.2, -0.15) is 0 Å². The van der Waals surface area contributed by atoms with Crippen LogP contribution in [0, 0.1) is 6.92 Å². The predicted octanol–water partition coefficient (Wildman–Crippen LogP) is 2.53. The van der Waals surface area contributed by atoms with Gasteiger partial charge in [0.1, 0.15) is 5.75 Å². The van der Waals surface area contributed by atoms with Crippen LogP contribution in [0.4, 0.5) is 0 Å². The summed E-state index contributed by atoms with van der Waals surface area (Å²) in [6.45, 7) is 5.32. The Labute approximate surface area is 108 Å². The highest BCUT2D eigenvalue weighted by molar-refractivity contribution is 5.91. The minimum atomic E-state index is 0.551. The molecule has 2 heterocycles. The lowest BCUT2D eigenvalue weighted by molar-refractivity contribution is 0.417. The molecule has 1 atom stereocenters. The highest BCUT2D eigenvalue weighted by atomic mass is 16.5. The Hall–Kier alpha value is -1.48. The molecular weight excluding hydrogens is 224 g/mol. The second-order valence-corrected chi connectivity index (χ2v) is 5.33. The van der Waals surface area contributed by atoms with Gasteiger partial charge in [0.15, 0.2) is 0 Å². The summed E-state index contributed by atoms with van der Waals surface area (Å²) in [6, 6.07) is 4.95. The van der Waals surface area contributed by atoms with Gasteiger partial charge in [-0.15, -0.1) is 0 Å². The van der Waals surface area contributed by atoms with Gasteiger partial charge in [0.2, 0.25) is 0 Å². The fourth-order valence-corrected chi connectivity index (χ4v) is 3.07. The number of benzene rings is 1. The van der Waals surface area contributed by atoms with Gasteiger partial charge < -0.3 is 14.6 Å². The van der Waals surface area contributed by atoms with E-state index in [4.69, 9.17) is 4.74 Å². The van der Waals surface area contributed by atoms with Gasteiger partial charge in [0, 0.05) is 30.7 Å². The van der Waals surface area contributed by atoms with Crippen molar-refractivity contribution in [2.75, 3.05) is 7.11 Å². The first kappa shape index (κ1) is 11.6. The summed E-state index contributed by atoms with van der Waals surface area (Å²) in [5.74, 6) is 0.981. The topological polar surface area (TPSA) is 26.2 Å². The summed E-state index contributed by atoms with van der Waals surface area (Å²) < 4.78 is 7.83. The van der Waals surface area contributed by atoms with Crippen LogP contribution in [0.15, 0.2) is 12.1 Å². The lowest BCUT2D eigenvalue weighted by atomic mass is 9.98. The fraction of sp³-hybridized carbons (Fsp3) is 0.467. The number of fused-ring (bicyclic) bond motifs is 3. The first-order valence-electron chi connectivity index (χ1n) is 6.50. The largest absolute Gasteiger partial charge is 0.495 e. The predicted molar refractivity (Wildman–Crippen MR) is 74.2 cm³/mol. The number of hydrogen-bond acceptors (Lipinski definition) is 2. The number of ether oxygens (including phenoxy) is 1. The molecule has 1 aromatic heterocycles. The zero-order valence-corrected chi connectivity index (χ0v) is 11.5. The zero-order chi connectivity index (χ0) is 12.9. The molecule has 0 saturated carbocycles. The maximum Gasteiger partial charge on any atom is 0.143 e. The monoisotopic (exact) mass is 244 g/mol. The SMILES string of the molecule is COc1cc(C)cc2c3c(n(C)c12)CNC(C)C3. The third-order valence-corrected chi connectivity index (χ3v) is 3.98. The summed E-state index contributed by atoms with van der Waals surface area (Å²) in [7, 11) is 3.89. The molecule has 3 heteroatoms. The summed E-state index contributed by atoms with van der Waals surface area (Å²) in [4.78, 5) is 0. The van der Waals surface area contributed by atoms with Gasteiger partial charge in [-0.25, -0.2) is 0 Å². The van der Waals surface area contributed by atoms with Crippen LogP contribution in [-0.2, 0) is 20.0 Å². The Balaban J connectivity index is 2.36. The van der Waals surface area contributed by atoms with Crippen molar-refractivity contribution in [3.05, 3.63) is 29.0 Å². The third-order valence-electron chi connectivity index (χ3n) is 3.98. The molecule has 0 amide bonds. The molecule has 0 saturated heterocycles. The van der Waals surface area contributed by atoms with Crippen molar-refractivity contribution in [3.8, 4) is 5.75 Å². The van der Waals surface area contributed by atoms with Gasteiger partial charge in [-0.1, -0.05) is 0 Å². The standard InChI is InChI=1S/C15H20N2O/c1-9-5-12-11-7-10(2)16-8-13(11)17(3)15(12)14(6-9)18-4/h5-6,10,16H,7-8H2,1-4H3. The van der Waals surface area contributed by atoms with Crippen molar-refractivity contribution >= 4 is 10.9 Å². The minimum absolute atomic E-state index is 0.551. The van der Waals surface area contributed by atoms with Crippen LogP contribution >= 0.6 is 0 Å².